The summed E-state index contributed by atoms with van der Waals surface area (Å²) in [6.07, 6.45) is 10.2. The maximum Gasteiger partial charge on any atom is 0.00979 e. The van der Waals surface area contributed by atoms with Crippen LogP contribution in [0.15, 0.2) is 0 Å². The highest BCUT2D eigenvalue weighted by Gasteiger charge is 2.31. The van der Waals surface area contributed by atoms with Crippen molar-refractivity contribution in [2.75, 3.05) is 0 Å². The third kappa shape index (κ3) is 2.80. The van der Waals surface area contributed by atoms with E-state index in [2.05, 4.69) is 26.1 Å². The minimum absolute atomic E-state index is 0.748. The summed E-state index contributed by atoms with van der Waals surface area (Å²) >= 11 is 0. The summed E-state index contributed by atoms with van der Waals surface area (Å²) in [5.41, 5.74) is 0. The monoisotopic (exact) mass is 223 g/mol. The zero-order valence-corrected chi connectivity index (χ0v) is 11.3. The van der Waals surface area contributed by atoms with Gasteiger partial charge in [0.25, 0.3) is 0 Å². The van der Waals surface area contributed by atoms with Crippen molar-refractivity contribution in [3.05, 3.63) is 0 Å². The molecule has 0 aliphatic heterocycles. The zero-order chi connectivity index (χ0) is 11.5. The van der Waals surface area contributed by atoms with Crippen LogP contribution in [0.4, 0.5) is 0 Å². The van der Waals surface area contributed by atoms with Crippen molar-refractivity contribution in [1.82, 2.24) is 5.32 Å². The van der Waals surface area contributed by atoms with E-state index in [1.165, 1.54) is 44.9 Å². The van der Waals surface area contributed by atoms with Gasteiger partial charge in [-0.2, -0.15) is 0 Å². The molecule has 2 aliphatic rings. The Morgan fingerprint density at radius 2 is 1.62 bits per heavy atom. The second-order valence-corrected chi connectivity index (χ2v) is 6.37. The number of nitrogens with one attached hydrogen (secondary N) is 1. The van der Waals surface area contributed by atoms with Crippen LogP contribution < -0.4 is 5.32 Å². The van der Waals surface area contributed by atoms with Crippen LogP contribution in [-0.4, -0.2) is 12.1 Å². The molecule has 2 fully saturated rings. The van der Waals surface area contributed by atoms with E-state index in [0.717, 1.165) is 29.8 Å². The molecule has 1 heteroatoms. The average Bonchev–Trinajstić information content (AvgIpc) is 2.62. The van der Waals surface area contributed by atoms with Crippen molar-refractivity contribution in [3.8, 4) is 0 Å². The predicted molar refractivity (Wildman–Crippen MR) is 70.5 cm³/mol. The average molecular weight is 223 g/mol. The molecule has 0 heterocycles. The maximum atomic E-state index is 3.93. The molecule has 94 valence electrons. The molecule has 0 spiro atoms. The molecule has 2 rings (SSSR count). The Morgan fingerprint density at radius 1 is 0.938 bits per heavy atom. The van der Waals surface area contributed by atoms with Gasteiger partial charge >= 0.3 is 0 Å². The smallest absolute Gasteiger partial charge is 0.00979 e. The molecule has 1 N–H and O–H groups in total. The summed E-state index contributed by atoms with van der Waals surface area (Å²) in [7, 11) is 0. The fourth-order valence-corrected chi connectivity index (χ4v) is 3.71. The molecule has 0 saturated heterocycles. The summed E-state index contributed by atoms with van der Waals surface area (Å²) in [6.45, 7) is 7.27. The van der Waals surface area contributed by atoms with Gasteiger partial charge in [-0.25, -0.2) is 0 Å². The van der Waals surface area contributed by atoms with Crippen molar-refractivity contribution in [2.45, 2.75) is 77.8 Å². The van der Waals surface area contributed by atoms with Crippen LogP contribution in [0.5, 0.6) is 0 Å². The lowest BCUT2D eigenvalue weighted by atomic mass is 9.84. The molecule has 0 amide bonds. The highest BCUT2D eigenvalue weighted by atomic mass is 15.0. The number of hydrogen-bond donors (Lipinski definition) is 1. The summed E-state index contributed by atoms with van der Waals surface area (Å²) in [6, 6.07) is 1.55. The molecule has 4 unspecified atom stereocenters. The van der Waals surface area contributed by atoms with Crippen LogP contribution in [0, 0.1) is 17.8 Å². The maximum absolute atomic E-state index is 3.93. The molecule has 16 heavy (non-hydrogen) atoms. The van der Waals surface area contributed by atoms with E-state index in [4.69, 9.17) is 0 Å². The van der Waals surface area contributed by atoms with Crippen LogP contribution in [0.25, 0.3) is 0 Å². The Bertz CT molecular complexity index is 207. The Morgan fingerprint density at radius 3 is 2.19 bits per heavy atom. The fraction of sp³-hybridized carbons (Fsp3) is 1.00. The molecular weight excluding hydrogens is 194 g/mol. The molecule has 4 atom stereocenters. The first-order valence-electron chi connectivity index (χ1n) is 7.44. The second kappa shape index (κ2) is 5.53. The lowest BCUT2D eigenvalue weighted by Crippen LogP contribution is -2.43. The highest BCUT2D eigenvalue weighted by molar-refractivity contribution is 4.88. The lowest BCUT2D eigenvalue weighted by molar-refractivity contribution is 0.244. The lowest BCUT2D eigenvalue weighted by Gasteiger charge is -2.32. The zero-order valence-electron chi connectivity index (χ0n) is 11.3. The normalized spacial score (nSPS) is 38.8. The minimum atomic E-state index is 0.748. The van der Waals surface area contributed by atoms with Crippen molar-refractivity contribution in [1.29, 1.82) is 0 Å². The molecule has 0 aromatic rings. The van der Waals surface area contributed by atoms with Gasteiger partial charge in [0.15, 0.2) is 0 Å². The van der Waals surface area contributed by atoms with Crippen molar-refractivity contribution in [2.24, 2.45) is 17.8 Å². The summed E-state index contributed by atoms with van der Waals surface area (Å²) in [5, 5.41) is 3.93. The Balaban J connectivity index is 1.79. The van der Waals surface area contributed by atoms with Gasteiger partial charge < -0.3 is 5.32 Å². The first-order chi connectivity index (χ1) is 7.68. The molecule has 1 nitrogen and oxygen atoms in total. The first-order valence-corrected chi connectivity index (χ1v) is 7.44. The van der Waals surface area contributed by atoms with Crippen LogP contribution >= 0.6 is 0 Å². The number of hydrogen-bond acceptors (Lipinski definition) is 1. The van der Waals surface area contributed by atoms with E-state index < -0.39 is 0 Å². The number of rotatable bonds is 3. The van der Waals surface area contributed by atoms with Crippen LogP contribution in [0.3, 0.4) is 0 Å². The van der Waals surface area contributed by atoms with E-state index in [-0.39, 0.29) is 0 Å². The molecule has 0 bridgehead atoms. The second-order valence-electron chi connectivity index (χ2n) is 6.37. The van der Waals surface area contributed by atoms with Crippen molar-refractivity contribution < 1.29 is 0 Å². The molecule has 2 aliphatic carbocycles. The van der Waals surface area contributed by atoms with E-state index >= 15 is 0 Å². The van der Waals surface area contributed by atoms with Gasteiger partial charge in [-0.05, 0) is 50.4 Å². The Labute approximate surface area is 101 Å². The minimum Gasteiger partial charge on any atom is -0.311 e. The molecule has 0 aromatic heterocycles. The quantitative estimate of drug-likeness (QED) is 0.763. The van der Waals surface area contributed by atoms with Crippen LogP contribution in [0.1, 0.15) is 65.7 Å². The fourth-order valence-electron chi connectivity index (χ4n) is 3.71. The largest absolute Gasteiger partial charge is 0.311 e. The van der Waals surface area contributed by atoms with Crippen molar-refractivity contribution >= 4 is 0 Å². The van der Waals surface area contributed by atoms with Gasteiger partial charge in [-0.3, -0.25) is 0 Å². The SMILES string of the molecule is CC1CCC(NC(C)C2CCCCC2)C1C. The van der Waals surface area contributed by atoms with Gasteiger partial charge in [0.2, 0.25) is 0 Å². The summed E-state index contributed by atoms with van der Waals surface area (Å²) < 4.78 is 0. The Hall–Kier alpha value is -0.0400. The van der Waals surface area contributed by atoms with Gasteiger partial charge in [0.05, 0.1) is 0 Å². The molecule has 0 aromatic carbocycles. The van der Waals surface area contributed by atoms with E-state index in [9.17, 15) is 0 Å². The van der Waals surface area contributed by atoms with Gasteiger partial charge in [-0.15, -0.1) is 0 Å². The highest BCUT2D eigenvalue weighted by Crippen LogP contribution is 2.33. The van der Waals surface area contributed by atoms with Crippen LogP contribution in [-0.2, 0) is 0 Å². The third-order valence-electron chi connectivity index (χ3n) is 5.30. The molecule has 2 saturated carbocycles. The summed E-state index contributed by atoms with van der Waals surface area (Å²) in [4.78, 5) is 0. The van der Waals surface area contributed by atoms with Gasteiger partial charge in [0.1, 0.15) is 0 Å². The van der Waals surface area contributed by atoms with Crippen LogP contribution in [0.2, 0.25) is 0 Å². The Kier molecular flexibility index (Phi) is 4.29. The van der Waals surface area contributed by atoms with E-state index in [0.29, 0.717) is 0 Å². The standard InChI is InChI=1S/C15H29N/c1-11-9-10-15(12(11)2)16-13(3)14-7-5-4-6-8-14/h11-16H,4-10H2,1-3H3. The van der Waals surface area contributed by atoms with E-state index in [1.807, 2.05) is 0 Å². The predicted octanol–water partition coefficient (Wildman–Crippen LogP) is 3.98. The first kappa shape index (κ1) is 12.4. The third-order valence-corrected chi connectivity index (χ3v) is 5.30. The molecule has 0 radical (unpaired) electrons. The summed E-state index contributed by atoms with van der Waals surface area (Å²) in [5.74, 6) is 2.76. The molecular formula is C15H29N. The van der Waals surface area contributed by atoms with Gasteiger partial charge in [0, 0.05) is 12.1 Å². The van der Waals surface area contributed by atoms with Crippen molar-refractivity contribution in [3.63, 3.8) is 0 Å². The van der Waals surface area contributed by atoms with Gasteiger partial charge in [-0.1, -0.05) is 33.1 Å². The van der Waals surface area contributed by atoms with E-state index in [1.54, 1.807) is 0 Å². The topological polar surface area (TPSA) is 12.0 Å².